The molecular formula is C13H20ClN3. The minimum atomic E-state index is 0.552. The van der Waals surface area contributed by atoms with E-state index in [0.29, 0.717) is 5.15 Å². The lowest BCUT2D eigenvalue weighted by atomic mass is 9.94. The fourth-order valence-corrected chi connectivity index (χ4v) is 2.67. The van der Waals surface area contributed by atoms with E-state index < -0.39 is 0 Å². The molecular weight excluding hydrogens is 234 g/mol. The third-order valence-electron chi connectivity index (χ3n) is 3.52. The van der Waals surface area contributed by atoms with Gasteiger partial charge in [0.1, 0.15) is 11.0 Å². The zero-order chi connectivity index (χ0) is 12.3. The van der Waals surface area contributed by atoms with Crippen LogP contribution in [-0.2, 0) is 6.54 Å². The molecule has 0 atom stereocenters. The van der Waals surface area contributed by atoms with Crippen molar-refractivity contribution in [3.05, 3.63) is 22.7 Å². The molecule has 0 amide bonds. The molecule has 1 aliphatic rings. The van der Waals surface area contributed by atoms with Gasteiger partial charge in [0.2, 0.25) is 0 Å². The van der Waals surface area contributed by atoms with Crippen LogP contribution in [0.5, 0.6) is 0 Å². The summed E-state index contributed by atoms with van der Waals surface area (Å²) in [5.41, 5.74) is 0.948. The van der Waals surface area contributed by atoms with Gasteiger partial charge in [-0.2, -0.15) is 0 Å². The number of nitrogens with zero attached hydrogens (tertiary/aromatic N) is 3. The highest BCUT2D eigenvalue weighted by molar-refractivity contribution is 6.29. The van der Waals surface area contributed by atoms with Gasteiger partial charge in [0.25, 0.3) is 0 Å². The Balaban J connectivity index is 1.93. The van der Waals surface area contributed by atoms with E-state index in [1.54, 1.807) is 6.07 Å². The number of likely N-dealkylation sites (tertiary alicyclic amines) is 1. The van der Waals surface area contributed by atoms with E-state index >= 15 is 0 Å². The van der Waals surface area contributed by atoms with Crippen LogP contribution in [0.1, 0.15) is 37.7 Å². The SMILES string of the molecule is CCC1CCN(Cc2nc(C)cc(Cl)n2)CC1. The maximum absolute atomic E-state index is 5.94. The van der Waals surface area contributed by atoms with Crippen LogP contribution < -0.4 is 0 Å². The summed E-state index contributed by atoms with van der Waals surface area (Å²) in [5, 5.41) is 0.552. The van der Waals surface area contributed by atoms with E-state index in [1.807, 2.05) is 6.92 Å². The molecule has 2 heterocycles. The van der Waals surface area contributed by atoms with Crippen molar-refractivity contribution in [2.24, 2.45) is 5.92 Å². The fourth-order valence-electron chi connectivity index (χ4n) is 2.41. The van der Waals surface area contributed by atoms with Gasteiger partial charge in [0, 0.05) is 5.69 Å². The summed E-state index contributed by atoms with van der Waals surface area (Å²) in [7, 11) is 0. The van der Waals surface area contributed by atoms with Gasteiger partial charge in [0.05, 0.1) is 6.54 Å². The summed E-state index contributed by atoms with van der Waals surface area (Å²) in [6.45, 7) is 7.39. The summed E-state index contributed by atoms with van der Waals surface area (Å²) in [5.74, 6) is 1.76. The monoisotopic (exact) mass is 253 g/mol. The molecule has 3 nitrogen and oxygen atoms in total. The van der Waals surface area contributed by atoms with E-state index in [2.05, 4.69) is 21.8 Å². The Bertz CT molecular complexity index is 353. The standard InChI is InChI=1S/C13H20ClN3/c1-3-11-4-6-17(7-5-11)9-13-15-10(2)8-12(14)16-13/h8,11H,3-7,9H2,1-2H3. The quantitative estimate of drug-likeness (QED) is 0.776. The van der Waals surface area contributed by atoms with Crippen LogP contribution in [0.15, 0.2) is 6.07 Å². The normalized spacial score (nSPS) is 18.5. The Labute approximate surface area is 108 Å². The summed E-state index contributed by atoms with van der Waals surface area (Å²) in [6, 6.07) is 1.80. The third kappa shape index (κ3) is 3.65. The highest BCUT2D eigenvalue weighted by atomic mass is 35.5. The lowest BCUT2D eigenvalue weighted by Gasteiger charge is -2.30. The predicted octanol–water partition coefficient (Wildman–Crippen LogP) is 3.06. The lowest BCUT2D eigenvalue weighted by Crippen LogP contribution is -2.33. The molecule has 0 spiro atoms. The molecule has 1 aliphatic heterocycles. The van der Waals surface area contributed by atoms with Crippen molar-refractivity contribution >= 4 is 11.6 Å². The van der Waals surface area contributed by atoms with E-state index in [0.717, 1.165) is 37.1 Å². The topological polar surface area (TPSA) is 29.0 Å². The van der Waals surface area contributed by atoms with Gasteiger partial charge >= 0.3 is 0 Å². The second-order valence-electron chi connectivity index (χ2n) is 4.88. The van der Waals surface area contributed by atoms with Gasteiger partial charge in [-0.15, -0.1) is 0 Å². The van der Waals surface area contributed by atoms with E-state index in [-0.39, 0.29) is 0 Å². The van der Waals surface area contributed by atoms with Crippen LogP contribution in [0.3, 0.4) is 0 Å². The van der Waals surface area contributed by atoms with Crippen molar-refractivity contribution in [2.45, 2.75) is 39.7 Å². The molecule has 2 rings (SSSR count). The van der Waals surface area contributed by atoms with Crippen molar-refractivity contribution in [1.29, 1.82) is 0 Å². The Morgan fingerprint density at radius 3 is 2.65 bits per heavy atom. The Kier molecular flexibility index (Phi) is 4.35. The number of piperidine rings is 1. The Morgan fingerprint density at radius 2 is 2.06 bits per heavy atom. The van der Waals surface area contributed by atoms with Crippen molar-refractivity contribution in [3.63, 3.8) is 0 Å². The van der Waals surface area contributed by atoms with Crippen LogP contribution in [0.25, 0.3) is 0 Å². The molecule has 1 fully saturated rings. The largest absolute Gasteiger partial charge is 0.296 e. The van der Waals surface area contributed by atoms with Gasteiger partial charge in [-0.3, -0.25) is 4.90 Å². The van der Waals surface area contributed by atoms with Crippen LogP contribution in [0.2, 0.25) is 5.15 Å². The summed E-state index contributed by atoms with van der Waals surface area (Å²) in [4.78, 5) is 11.1. The molecule has 0 N–H and O–H groups in total. The van der Waals surface area contributed by atoms with Crippen molar-refractivity contribution in [2.75, 3.05) is 13.1 Å². The number of aryl methyl sites for hydroxylation is 1. The second-order valence-corrected chi connectivity index (χ2v) is 5.26. The molecule has 1 saturated heterocycles. The number of rotatable bonds is 3. The Morgan fingerprint density at radius 1 is 1.35 bits per heavy atom. The maximum Gasteiger partial charge on any atom is 0.144 e. The van der Waals surface area contributed by atoms with Gasteiger partial charge in [-0.25, -0.2) is 9.97 Å². The molecule has 0 aliphatic carbocycles. The zero-order valence-electron chi connectivity index (χ0n) is 10.6. The summed E-state index contributed by atoms with van der Waals surface area (Å²) < 4.78 is 0. The molecule has 0 unspecified atom stereocenters. The lowest BCUT2D eigenvalue weighted by molar-refractivity contribution is 0.171. The molecule has 0 bridgehead atoms. The first-order valence-corrected chi connectivity index (χ1v) is 6.77. The van der Waals surface area contributed by atoms with E-state index in [9.17, 15) is 0 Å². The zero-order valence-corrected chi connectivity index (χ0v) is 11.4. The number of hydrogen-bond acceptors (Lipinski definition) is 3. The molecule has 0 saturated carbocycles. The van der Waals surface area contributed by atoms with E-state index in [1.165, 1.54) is 19.3 Å². The van der Waals surface area contributed by atoms with Gasteiger partial charge in [-0.1, -0.05) is 24.9 Å². The highest BCUT2D eigenvalue weighted by Gasteiger charge is 2.18. The average molecular weight is 254 g/mol. The van der Waals surface area contributed by atoms with Crippen molar-refractivity contribution < 1.29 is 0 Å². The third-order valence-corrected chi connectivity index (χ3v) is 3.71. The highest BCUT2D eigenvalue weighted by Crippen LogP contribution is 2.21. The first-order valence-electron chi connectivity index (χ1n) is 6.39. The molecule has 0 radical (unpaired) electrons. The summed E-state index contributed by atoms with van der Waals surface area (Å²) >= 11 is 5.94. The maximum atomic E-state index is 5.94. The predicted molar refractivity (Wildman–Crippen MR) is 70.1 cm³/mol. The minimum absolute atomic E-state index is 0.552. The minimum Gasteiger partial charge on any atom is -0.296 e. The summed E-state index contributed by atoms with van der Waals surface area (Å²) in [6.07, 6.45) is 3.91. The number of halogens is 1. The van der Waals surface area contributed by atoms with Crippen LogP contribution in [0, 0.1) is 12.8 Å². The molecule has 1 aromatic rings. The first kappa shape index (κ1) is 12.8. The fraction of sp³-hybridized carbons (Fsp3) is 0.692. The van der Waals surface area contributed by atoms with Crippen LogP contribution >= 0.6 is 11.6 Å². The molecule has 1 aromatic heterocycles. The van der Waals surface area contributed by atoms with Crippen molar-refractivity contribution in [3.8, 4) is 0 Å². The number of aromatic nitrogens is 2. The molecule has 17 heavy (non-hydrogen) atoms. The van der Waals surface area contributed by atoms with Crippen LogP contribution in [-0.4, -0.2) is 28.0 Å². The molecule has 94 valence electrons. The second kappa shape index (κ2) is 5.78. The van der Waals surface area contributed by atoms with Gasteiger partial charge < -0.3 is 0 Å². The molecule has 0 aromatic carbocycles. The Hall–Kier alpha value is -0.670. The first-order chi connectivity index (χ1) is 8.17. The average Bonchev–Trinajstić information content (AvgIpc) is 2.28. The molecule has 4 heteroatoms. The van der Waals surface area contributed by atoms with E-state index in [4.69, 9.17) is 11.6 Å². The van der Waals surface area contributed by atoms with Gasteiger partial charge in [-0.05, 0) is 44.8 Å². The van der Waals surface area contributed by atoms with Crippen LogP contribution in [0.4, 0.5) is 0 Å². The number of hydrogen-bond donors (Lipinski definition) is 0. The van der Waals surface area contributed by atoms with Crippen molar-refractivity contribution in [1.82, 2.24) is 14.9 Å². The van der Waals surface area contributed by atoms with Gasteiger partial charge in [0.15, 0.2) is 0 Å². The smallest absolute Gasteiger partial charge is 0.144 e.